The van der Waals surface area contributed by atoms with Gasteiger partial charge in [0, 0.05) is 28.0 Å². The maximum absolute atomic E-state index is 14.5. The molecule has 1 fully saturated rings. The molecule has 0 saturated carbocycles. The lowest BCUT2D eigenvalue weighted by Crippen LogP contribution is -2.44. The Morgan fingerprint density at radius 3 is 2.55 bits per heavy atom. The molecule has 5 aromatic rings. The molecule has 1 saturated heterocycles. The lowest BCUT2D eigenvalue weighted by atomic mass is 9.96. The zero-order chi connectivity index (χ0) is 33.5. The molecule has 0 bridgehead atoms. The summed E-state index contributed by atoms with van der Waals surface area (Å²) < 4.78 is 39.5. The number of carboxylic acids is 1. The maximum atomic E-state index is 14.5. The molecule has 6 atom stereocenters. The summed E-state index contributed by atoms with van der Waals surface area (Å²) >= 11 is 1.91. The van der Waals surface area contributed by atoms with E-state index in [0.29, 0.717) is 14.8 Å². The molecular weight excluding hydrogens is 746 g/mol. The Kier molecular flexibility index (Phi) is 9.10. The highest BCUT2D eigenvalue weighted by atomic mass is 127. The van der Waals surface area contributed by atoms with Gasteiger partial charge in [-0.05, 0) is 23.9 Å². The second-order valence-corrected chi connectivity index (χ2v) is 13.5. The number of halogens is 1. The van der Waals surface area contributed by atoms with Crippen molar-refractivity contribution in [3.63, 3.8) is 0 Å². The van der Waals surface area contributed by atoms with E-state index in [2.05, 4.69) is 20.0 Å². The number of nitrogens with zero attached hydrogens (tertiary/aromatic N) is 4. The van der Waals surface area contributed by atoms with E-state index in [-0.39, 0.29) is 28.7 Å². The maximum Gasteiger partial charge on any atom is 0.459 e. The lowest BCUT2D eigenvalue weighted by Gasteiger charge is -2.28. The van der Waals surface area contributed by atoms with Crippen molar-refractivity contribution in [1.82, 2.24) is 24.6 Å². The van der Waals surface area contributed by atoms with Crippen LogP contribution in [-0.4, -0.2) is 72.3 Å². The van der Waals surface area contributed by atoms with E-state index >= 15 is 0 Å². The quantitative estimate of drug-likeness (QED) is 0.0734. The zero-order valence-electron chi connectivity index (χ0n) is 24.9. The van der Waals surface area contributed by atoms with Crippen LogP contribution in [0.4, 0.5) is 5.95 Å². The monoisotopic (exact) mass is 776 g/mol. The Morgan fingerprint density at radius 1 is 1.13 bits per heavy atom. The molecule has 0 aliphatic carbocycles. The molecule has 6 rings (SSSR count). The largest absolute Gasteiger partial charge is 0.480 e. The molecule has 1 aliphatic heterocycles. The first kappa shape index (κ1) is 33.0. The number of aliphatic hydroxyl groups excluding tert-OH is 1. The molecule has 6 N–H and O–H groups in total. The van der Waals surface area contributed by atoms with Crippen molar-refractivity contribution in [2.45, 2.75) is 37.0 Å². The Balaban J connectivity index is 1.33. The van der Waals surface area contributed by atoms with Crippen molar-refractivity contribution >= 4 is 64.2 Å². The number of imidazole rings is 1. The van der Waals surface area contributed by atoms with E-state index in [1.54, 1.807) is 54.6 Å². The van der Waals surface area contributed by atoms with Gasteiger partial charge in [-0.1, -0.05) is 66.7 Å². The summed E-state index contributed by atoms with van der Waals surface area (Å²) in [6.07, 6.45) is -4.14. The second kappa shape index (κ2) is 13.0. The number of hydrogen-bond donors (Lipinski definition) is 5. The molecule has 246 valence electrons. The van der Waals surface area contributed by atoms with Crippen molar-refractivity contribution in [3.8, 4) is 11.6 Å². The van der Waals surface area contributed by atoms with Crippen LogP contribution in [0.5, 0.6) is 11.6 Å². The number of aliphatic hydroxyl groups is 2. The Labute approximate surface area is 281 Å². The third-order valence-electron chi connectivity index (χ3n) is 7.71. The van der Waals surface area contributed by atoms with Gasteiger partial charge in [-0.3, -0.25) is 13.9 Å². The number of benzene rings is 3. The molecular formula is C30H30IN6O9P. The molecule has 0 radical (unpaired) electrons. The van der Waals surface area contributed by atoms with Gasteiger partial charge < -0.3 is 35.1 Å². The standard InChI is InChI=1S/C30H30IN6O9P/c1-30(41)23(38)20(45-27(30)37-24-22(33-28(37)31)25(43-2)35-29(32)34-24)15-44-47(42,36-21(26(39)40)17-10-4-3-5-11-17)46-19-14-8-12-16-9-6-7-13-18(16)19/h3-14,20-21,23,27,38,41H,15H2,1-2H3,(H,36,42)(H,39,40)(H2,32,34,35)/t20-,21?,23-,27-,30-,47?/m1/s1. The summed E-state index contributed by atoms with van der Waals surface area (Å²) in [5.74, 6) is -1.18. The minimum absolute atomic E-state index is 0.103. The van der Waals surface area contributed by atoms with Crippen molar-refractivity contribution < 1.29 is 43.2 Å². The first-order valence-corrected chi connectivity index (χ1v) is 16.8. The third kappa shape index (κ3) is 6.37. The normalized spacial score (nSPS) is 23.0. The lowest BCUT2D eigenvalue weighted by molar-refractivity contribution is -0.139. The number of nitrogens with two attached hydrogens (primary N) is 1. The third-order valence-corrected chi connectivity index (χ3v) is 9.97. The molecule has 3 heterocycles. The van der Waals surface area contributed by atoms with Crippen LogP contribution in [-0.2, 0) is 18.6 Å². The van der Waals surface area contributed by atoms with Gasteiger partial charge in [0.25, 0.3) is 0 Å². The Hall–Kier alpha value is -3.90. The number of ether oxygens (including phenoxy) is 2. The fourth-order valence-corrected chi connectivity index (χ4v) is 7.62. The summed E-state index contributed by atoms with van der Waals surface area (Å²) in [7, 11) is -3.17. The van der Waals surface area contributed by atoms with Gasteiger partial charge in [0.15, 0.2) is 21.2 Å². The van der Waals surface area contributed by atoms with Crippen LogP contribution in [0.15, 0.2) is 72.8 Å². The molecule has 47 heavy (non-hydrogen) atoms. The number of aliphatic carboxylic acids is 1. The number of nitrogen functional groups attached to an aromatic ring is 1. The topological polar surface area (TPSA) is 213 Å². The highest BCUT2D eigenvalue weighted by molar-refractivity contribution is 14.1. The predicted octanol–water partition coefficient (Wildman–Crippen LogP) is 3.80. The van der Waals surface area contributed by atoms with Gasteiger partial charge in [0.1, 0.15) is 29.6 Å². The number of anilines is 1. The van der Waals surface area contributed by atoms with Crippen LogP contribution in [0.25, 0.3) is 21.9 Å². The zero-order valence-corrected chi connectivity index (χ0v) is 28.0. The summed E-state index contributed by atoms with van der Waals surface area (Å²) in [5, 5.41) is 36.8. The predicted molar refractivity (Wildman–Crippen MR) is 178 cm³/mol. The van der Waals surface area contributed by atoms with Gasteiger partial charge in [-0.25, -0.2) is 9.55 Å². The molecule has 15 nitrogen and oxygen atoms in total. The summed E-state index contributed by atoms with van der Waals surface area (Å²) in [4.78, 5) is 25.1. The van der Waals surface area contributed by atoms with Gasteiger partial charge >= 0.3 is 13.7 Å². The van der Waals surface area contributed by atoms with E-state index in [4.69, 9.17) is 24.3 Å². The van der Waals surface area contributed by atoms with Crippen LogP contribution in [0, 0.1) is 3.83 Å². The number of carboxylic acid groups (broad SMARTS) is 1. The fraction of sp³-hybridized carbons (Fsp3) is 0.267. The van der Waals surface area contributed by atoms with Gasteiger partial charge in [0.2, 0.25) is 11.8 Å². The number of carbonyl (C=O) groups is 1. The van der Waals surface area contributed by atoms with Gasteiger partial charge in [-0.15, -0.1) is 0 Å². The average molecular weight is 776 g/mol. The molecule has 2 aromatic heterocycles. The van der Waals surface area contributed by atoms with Crippen molar-refractivity contribution in [2.75, 3.05) is 19.5 Å². The van der Waals surface area contributed by atoms with Gasteiger partial charge in [0.05, 0.1) is 13.7 Å². The minimum Gasteiger partial charge on any atom is -0.480 e. The molecule has 0 spiro atoms. The van der Waals surface area contributed by atoms with Gasteiger partial charge in [-0.2, -0.15) is 15.1 Å². The van der Waals surface area contributed by atoms with Crippen molar-refractivity contribution in [3.05, 3.63) is 82.2 Å². The highest BCUT2D eigenvalue weighted by Gasteiger charge is 2.55. The number of hydrogen-bond acceptors (Lipinski definition) is 12. The molecule has 0 amide bonds. The summed E-state index contributed by atoms with van der Waals surface area (Å²) in [6, 6.07) is 18.9. The van der Waals surface area contributed by atoms with E-state index in [1.807, 2.05) is 40.8 Å². The van der Waals surface area contributed by atoms with Crippen LogP contribution in [0.1, 0.15) is 24.8 Å². The summed E-state index contributed by atoms with van der Waals surface area (Å²) in [5.41, 5.74) is 4.66. The van der Waals surface area contributed by atoms with Crippen LogP contribution >= 0.6 is 30.3 Å². The smallest absolute Gasteiger partial charge is 0.459 e. The number of aromatic nitrogens is 4. The van der Waals surface area contributed by atoms with E-state index in [1.165, 1.54) is 18.6 Å². The first-order valence-electron chi connectivity index (χ1n) is 14.2. The first-order chi connectivity index (χ1) is 22.4. The number of fused-ring (bicyclic) bond motifs is 2. The van der Waals surface area contributed by atoms with Crippen LogP contribution < -0.4 is 20.1 Å². The van der Waals surface area contributed by atoms with Crippen molar-refractivity contribution in [2.24, 2.45) is 0 Å². The number of rotatable bonds is 11. The number of nitrogens with one attached hydrogen (secondary N) is 1. The molecule has 17 heteroatoms. The van der Waals surface area contributed by atoms with E-state index in [0.717, 1.165) is 5.39 Å². The summed E-state index contributed by atoms with van der Waals surface area (Å²) in [6.45, 7) is 0.764. The van der Waals surface area contributed by atoms with Crippen LogP contribution in [0.3, 0.4) is 0 Å². The van der Waals surface area contributed by atoms with E-state index < -0.39 is 50.4 Å². The van der Waals surface area contributed by atoms with E-state index in [9.17, 15) is 24.7 Å². The number of methoxy groups -OCH3 is 1. The SMILES string of the molecule is COc1nc(N)nc2c1nc(I)n2[C@@H]1O[C@H](COP(=O)(NC(C(=O)O)c2ccccc2)Oc2cccc3ccccc23)[C@@H](O)[C@@]1(C)O. The minimum atomic E-state index is -4.57. The molecule has 1 aliphatic rings. The molecule has 3 aromatic carbocycles. The average Bonchev–Trinajstić information content (AvgIpc) is 3.49. The fourth-order valence-electron chi connectivity index (χ4n) is 5.38. The Bertz CT molecular complexity index is 1990. The molecule has 2 unspecified atom stereocenters. The Morgan fingerprint density at radius 2 is 1.83 bits per heavy atom. The highest BCUT2D eigenvalue weighted by Crippen LogP contribution is 2.50. The second-order valence-electron chi connectivity index (χ2n) is 10.9. The van der Waals surface area contributed by atoms with Crippen LogP contribution in [0.2, 0.25) is 0 Å². The van der Waals surface area contributed by atoms with Crippen molar-refractivity contribution in [1.29, 1.82) is 0 Å².